The Morgan fingerprint density at radius 3 is 3.05 bits per heavy atom. The Hall–Kier alpha value is -2.62. The van der Waals surface area contributed by atoms with Gasteiger partial charge in [-0.1, -0.05) is 18.2 Å². The minimum atomic E-state index is 0.855. The van der Waals surface area contributed by atoms with E-state index in [1.54, 1.807) is 0 Å². The predicted molar refractivity (Wildman–Crippen MR) is 75.2 cm³/mol. The lowest BCUT2D eigenvalue weighted by Gasteiger charge is -1.93. The molecule has 4 aromatic rings. The molecule has 0 saturated carbocycles. The summed E-state index contributed by atoms with van der Waals surface area (Å²) < 4.78 is 10.4. The molecule has 0 N–H and O–H groups in total. The highest BCUT2D eigenvalue weighted by Crippen LogP contribution is 2.34. The van der Waals surface area contributed by atoms with Crippen molar-refractivity contribution in [2.45, 2.75) is 6.54 Å². The molecule has 1 aliphatic heterocycles. The van der Waals surface area contributed by atoms with E-state index in [0.717, 1.165) is 34.7 Å². The summed E-state index contributed by atoms with van der Waals surface area (Å²) >= 11 is 0. The van der Waals surface area contributed by atoms with Gasteiger partial charge in [0.05, 0.1) is 11.1 Å². The van der Waals surface area contributed by atoms with E-state index in [0.29, 0.717) is 0 Å². The summed E-state index contributed by atoms with van der Waals surface area (Å²) in [6, 6.07) is 12.4. The molecule has 0 spiro atoms. The maximum absolute atomic E-state index is 6.14. The zero-order valence-corrected chi connectivity index (χ0v) is 11.0. The summed E-state index contributed by atoms with van der Waals surface area (Å²) in [6.45, 7) is 0.855. The van der Waals surface area contributed by atoms with Crippen LogP contribution in [0.2, 0.25) is 0 Å². The Morgan fingerprint density at radius 2 is 2.10 bits per heavy atom. The maximum Gasteiger partial charge on any atom is 0.383 e. The summed E-state index contributed by atoms with van der Waals surface area (Å²) in [5.41, 5.74) is 6.59. The Morgan fingerprint density at radius 1 is 1.20 bits per heavy atom. The Bertz CT molecular complexity index is 994. The van der Waals surface area contributed by atoms with Crippen molar-refractivity contribution in [3.63, 3.8) is 0 Å². The van der Waals surface area contributed by atoms with Gasteiger partial charge in [0, 0.05) is 18.8 Å². The largest absolute Gasteiger partial charge is 0.383 e. The zero-order chi connectivity index (χ0) is 13.3. The summed E-state index contributed by atoms with van der Waals surface area (Å²) in [4.78, 5) is 4.54. The average Bonchev–Trinajstić information content (AvgIpc) is 3.09. The van der Waals surface area contributed by atoms with Gasteiger partial charge in [0.2, 0.25) is 0 Å². The van der Waals surface area contributed by atoms with E-state index >= 15 is 0 Å². The molecular formula is C16H12N3O+. The highest BCUT2D eigenvalue weighted by atomic mass is 16.4. The van der Waals surface area contributed by atoms with Gasteiger partial charge in [0.15, 0.2) is 12.1 Å². The molecule has 3 aromatic heterocycles. The first-order valence-electron chi connectivity index (χ1n) is 6.68. The standard InChI is InChI=1S/C16H12N3O/c1-18-12-7-4-8-17-13(12)14-16(18)20-15-11-6-3-2-5-10(11)9-19(14)15/h2-8H,9H2,1H3/q+1. The van der Waals surface area contributed by atoms with Crippen molar-refractivity contribution >= 4 is 22.3 Å². The van der Waals surface area contributed by atoms with Crippen molar-refractivity contribution in [3.8, 4) is 11.5 Å². The van der Waals surface area contributed by atoms with Crippen LogP contribution < -0.4 is 4.57 Å². The highest BCUT2D eigenvalue weighted by Gasteiger charge is 2.36. The lowest BCUT2D eigenvalue weighted by molar-refractivity contribution is -0.648. The Labute approximate surface area is 114 Å². The van der Waals surface area contributed by atoms with Crippen LogP contribution in [0.25, 0.3) is 33.7 Å². The van der Waals surface area contributed by atoms with Crippen LogP contribution in [0.15, 0.2) is 47.0 Å². The molecule has 5 rings (SSSR count). The molecule has 96 valence electrons. The highest BCUT2D eigenvalue weighted by molar-refractivity contribution is 5.99. The number of hydrogen-bond acceptors (Lipinski definition) is 2. The second kappa shape index (κ2) is 3.28. The maximum atomic E-state index is 6.14. The minimum absolute atomic E-state index is 0.855. The van der Waals surface area contributed by atoms with Crippen LogP contribution in [0, 0.1) is 0 Å². The van der Waals surface area contributed by atoms with Crippen molar-refractivity contribution in [3.05, 3.63) is 48.2 Å². The van der Waals surface area contributed by atoms with Crippen LogP contribution >= 0.6 is 0 Å². The molecule has 0 aliphatic carbocycles. The average molecular weight is 262 g/mol. The van der Waals surface area contributed by atoms with E-state index in [2.05, 4.69) is 44.5 Å². The van der Waals surface area contributed by atoms with Crippen molar-refractivity contribution < 1.29 is 8.98 Å². The van der Waals surface area contributed by atoms with Crippen LogP contribution in [0.3, 0.4) is 0 Å². The molecule has 0 fully saturated rings. The molecule has 0 bridgehead atoms. The van der Waals surface area contributed by atoms with Gasteiger partial charge < -0.3 is 8.98 Å². The molecule has 0 amide bonds. The fraction of sp³-hybridized carbons (Fsp3) is 0.125. The Kier molecular flexibility index (Phi) is 1.67. The van der Waals surface area contributed by atoms with E-state index in [4.69, 9.17) is 4.42 Å². The Balaban J connectivity index is 1.97. The van der Waals surface area contributed by atoms with Gasteiger partial charge in [-0.15, -0.1) is 4.57 Å². The molecule has 20 heavy (non-hydrogen) atoms. The van der Waals surface area contributed by atoms with Crippen molar-refractivity contribution in [1.29, 1.82) is 0 Å². The van der Waals surface area contributed by atoms with Gasteiger partial charge in [0.25, 0.3) is 11.2 Å². The fourth-order valence-electron chi connectivity index (χ4n) is 3.22. The normalized spacial score (nSPS) is 13.1. The summed E-state index contributed by atoms with van der Waals surface area (Å²) in [5, 5.41) is 0. The predicted octanol–water partition coefficient (Wildman–Crippen LogP) is 2.64. The lowest BCUT2D eigenvalue weighted by Crippen LogP contribution is -2.30. The van der Waals surface area contributed by atoms with Gasteiger partial charge >= 0.3 is 5.89 Å². The third-order valence-electron chi connectivity index (χ3n) is 4.16. The molecule has 1 aromatic carbocycles. The van der Waals surface area contributed by atoms with E-state index in [9.17, 15) is 0 Å². The molecule has 4 heterocycles. The summed E-state index contributed by atoms with van der Waals surface area (Å²) in [5.74, 6) is 0.939. The zero-order valence-electron chi connectivity index (χ0n) is 11.0. The smallest absolute Gasteiger partial charge is 0.380 e. The number of nitrogens with zero attached hydrogens (tertiary/aromatic N) is 3. The first-order chi connectivity index (χ1) is 9.84. The van der Waals surface area contributed by atoms with E-state index < -0.39 is 0 Å². The summed E-state index contributed by atoms with van der Waals surface area (Å²) in [7, 11) is 2.03. The van der Waals surface area contributed by atoms with Crippen LogP contribution in [0.4, 0.5) is 0 Å². The topological polar surface area (TPSA) is 34.8 Å². The van der Waals surface area contributed by atoms with Crippen molar-refractivity contribution in [2.24, 2.45) is 7.05 Å². The molecule has 4 nitrogen and oxygen atoms in total. The van der Waals surface area contributed by atoms with Crippen LogP contribution in [0.5, 0.6) is 0 Å². The molecule has 0 radical (unpaired) electrons. The third kappa shape index (κ3) is 1.04. The number of pyridine rings is 1. The lowest BCUT2D eigenvalue weighted by atomic mass is 10.1. The number of aromatic nitrogens is 3. The van der Waals surface area contributed by atoms with Gasteiger partial charge in [-0.3, -0.25) is 0 Å². The molecule has 1 aliphatic rings. The van der Waals surface area contributed by atoms with Gasteiger partial charge in [-0.2, -0.15) is 0 Å². The van der Waals surface area contributed by atoms with Gasteiger partial charge in [-0.25, -0.2) is 4.98 Å². The second-order valence-electron chi connectivity index (χ2n) is 5.23. The fourth-order valence-corrected chi connectivity index (χ4v) is 3.22. The van der Waals surface area contributed by atoms with Gasteiger partial charge in [0.1, 0.15) is 0 Å². The van der Waals surface area contributed by atoms with Crippen LogP contribution in [0.1, 0.15) is 5.56 Å². The molecule has 0 unspecified atom stereocenters. The van der Waals surface area contributed by atoms with Crippen LogP contribution in [-0.2, 0) is 13.6 Å². The second-order valence-corrected chi connectivity index (χ2v) is 5.23. The SMILES string of the molecule is Cn1c2cccnc2c2c1oc1[n+]2Cc2ccccc2-1. The number of fused-ring (bicyclic) bond motifs is 7. The molecular weight excluding hydrogens is 250 g/mol. The minimum Gasteiger partial charge on any atom is -0.380 e. The van der Waals surface area contributed by atoms with Gasteiger partial charge in [-0.05, 0) is 18.2 Å². The van der Waals surface area contributed by atoms with Crippen LogP contribution in [-0.4, -0.2) is 9.55 Å². The number of aryl methyl sites for hydroxylation is 1. The summed E-state index contributed by atoms with van der Waals surface area (Å²) in [6.07, 6.45) is 1.84. The number of rotatable bonds is 0. The third-order valence-corrected chi connectivity index (χ3v) is 4.16. The van der Waals surface area contributed by atoms with E-state index in [1.165, 1.54) is 11.1 Å². The number of hydrogen-bond donors (Lipinski definition) is 0. The van der Waals surface area contributed by atoms with Crippen molar-refractivity contribution in [1.82, 2.24) is 9.55 Å². The number of oxazole rings is 1. The quantitative estimate of drug-likeness (QED) is 0.402. The number of benzene rings is 1. The monoisotopic (exact) mass is 262 g/mol. The molecule has 0 saturated heterocycles. The molecule has 0 atom stereocenters. The van der Waals surface area contributed by atoms with E-state index in [1.807, 2.05) is 19.3 Å². The first-order valence-corrected chi connectivity index (χ1v) is 6.68. The van der Waals surface area contributed by atoms with Crippen molar-refractivity contribution in [2.75, 3.05) is 0 Å². The first kappa shape index (κ1) is 10.2. The molecule has 4 heteroatoms. The van der Waals surface area contributed by atoms with E-state index in [-0.39, 0.29) is 0 Å².